The van der Waals surface area contributed by atoms with Crippen molar-refractivity contribution in [3.05, 3.63) is 24.4 Å². The Morgan fingerprint density at radius 2 is 2.44 bits per heavy atom. The summed E-state index contributed by atoms with van der Waals surface area (Å²) in [6.07, 6.45) is 3.30. The molecule has 1 fully saturated rings. The molecule has 1 aromatic heterocycles. The van der Waals surface area contributed by atoms with Gasteiger partial charge in [-0.25, -0.2) is 0 Å². The Hall–Kier alpha value is -1.65. The lowest BCUT2D eigenvalue weighted by atomic mass is 9.98. The van der Waals surface area contributed by atoms with Crippen molar-refractivity contribution in [1.82, 2.24) is 15.1 Å². The van der Waals surface area contributed by atoms with Crippen molar-refractivity contribution in [2.75, 3.05) is 13.1 Å². The third-order valence-electron chi connectivity index (χ3n) is 2.80. The van der Waals surface area contributed by atoms with Gasteiger partial charge in [0.1, 0.15) is 0 Å². The second-order valence-corrected chi connectivity index (χ2v) is 3.99. The molecule has 1 aliphatic heterocycles. The SMILES string of the molecule is C=CC(=O)N1CCCC(c2nnc(C)o2)C1. The third-order valence-corrected chi connectivity index (χ3v) is 2.80. The first-order chi connectivity index (χ1) is 7.70. The average molecular weight is 221 g/mol. The molecule has 1 saturated heterocycles. The number of aryl methyl sites for hydroxylation is 1. The number of rotatable bonds is 2. The predicted molar refractivity (Wildman–Crippen MR) is 57.8 cm³/mol. The first-order valence-electron chi connectivity index (χ1n) is 5.42. The molecule has 2 rings (SSSR count). The molecular weight excluding hydrogens is 206 g/mol. The van der Waals surface area contributed by atoms with Crippen molar-refractivity contribution >= 4 is 5.91 Å². The van der Waals surface area contributed by atoms with Crippen LogP contribution < -0.4 is 0 Å². The molecule has 1 aromatic rings. The summed E-state index contributed by atoms with van der Waals surface area (Å²) >= 11 is 0. The van der Waals surface area contributed by atoms with E-state index in [1.54, 1.807) is 11.8 Å². The number of carbonyl (C=O) groups is 1. The van der Waals surface area contributed by atoms with Gasteiger partial charge in [-0.2, -0.15) is 0 Å². The summed E-state index contributed by atoms with van der Waals surface area (Å²) in [5.74, 6) is 1.35. The largest absolute Gasteiger partial charge is 0.425 e. The Bertz CT molecular complexity index is 400. The highest BCUT2D eigenvalue weighted by Gasteiger charge is 2.26. The van der Waals surface area contributed by atoms with Crippen LogP contribution in [0.4, 0.5) is 0 Å². The highest BCUT2D eigenvalue weighted by Crippen LogP contribution is 2.25. The lowest BCUT2D eigenvalue weighted by Crippen LogP contribution is -2.38. The molecule has 86 valence electrons. The zero-order valence-corrected chi connectivity index (χ0v) is 9.35. The van der Waals surface area contributed by atoms with E-state index in [4.69, 9.17) is 4.42 Å². The standard InChI is InChI=1S/C11H15N3O2/c1-3-10(15)14-6-4-5-9(7-14)11-13-12-8(2)16-11/h3,9H,1,4-7H2,2H3. The fourth-order valence-electron chi connectivity index (χ4n) is 1.98. The number of amides is 1. The molecule has 0 bridgehead atoms. The fourth-order valence-corrected chi connectivity index (χ4v) is 1.98. The molecule has 1 unspecified atom stereocenters. The quantitative estimate of drug-likeness (QED) is 0.706. The van der Waals surface area contributed by atoms with E-state index in [0.29, 0.717) is 18.3 Å². The molecule has 2 heterocycles. The van der Waals surface area contributed by atoms with E-state index in [-0.39, 0.29) is 11.8 Å². The lowest BCUT2D eigenvalue weighted by Gasteiger charge is -2.30. The van der Waals surface area contributed by atoms with Gasteiger partial charge in [-0.3, -0.25) is 4.79 Å². The number of nitrogens with zero attached hydrogens (tertiary/aromatic N) is 3. The molecule has 5 heteroatoms. The van der Waals surface area contributed by atoms with E-state index >= 15 is 0 Å². The Balaban J connectivity index is 2.07. The van der Waals surface area contributed by atoms with Crippen molar-refractivity contribution in [2.24, 2.45) is 0 Å². The van der Waals surface area contributed by atoms with Gasteiger partial charge in [0.15, 0.2) is 0 Å². The number of piperidine rings is 1. The highest BCUT2D eigenvalue weighted by atomic mass is 16.4. The normalized spacial score (nSPS) is 20.8. The Morgan fingerprint density at radius 3 is 3.06 bits per heavy atom. The predicted octanol–water partition coefficient (Wildman–Crippen LogP) is 1.27. The summed E-state index contributed by atoms with van der Waals surface area (Å²) < 4.78 is 5.40. The molecule has 1 aliphatic rings. The Morgan fingerprint density at radius 1 is 1.62 bits per heavy atom. The van der Waals surface area contributed by atoms with Crippen LogP contribution in [0.5, 0.6) is 0 Å². The van der Waals surface area contributed by atoms with Crippen LogP contribution in [0.1, 0.15) is 30.5 Å². The molecule has 1 atom stereocenters. The maximum Gasteiger partial charge on any atom is 0.245 e. The van der Waals surface area contributed by atoms with Gasteiger partial charge >= 0.3 is 0 Å². The second-order valence-electron chi connectivity index (χ2n) is 3.99. The number of carbonyl (C=O) groups excluding carboxylic acids is 1. The highest BCUT2D eigenvalue weighted by molar-refractivity contribution is 5.87. The minimum absolute atomic E-state index is 0.0269. The van der Waals surface area contributed by atoms with Crippen LogP contribution in [0.15, 0.2) is 17.1 Å². The number of likely N-dealkylation sites (tertiary alicyclic amines) is 1. The minimum atomic E-state index is -0.0269. The van der Waals surface area contributed by atoms with Crippen molar-refractivity contribution in [3.63, 3.8) is 0 Å². The molecule has 0 saturated carbocycles. The van der Waals surface area contributed by atoms with Crippen LogP contribution >= 0.6 is 0 Å². The van der Waals surface area contributed by atoms with Crippen LogP contribution in [0, 0.1) is 6.92 Å². The van der Waals surface area contributed by atoms with Crippen LogP contribution in [-0.4, -0.2) is 34.1 Å². The van der Waals surface area contributed by atoms with Crippen molar-refractivity contribution in [2.45, 2.75) is 25.7 Å². The molecule has 5 nitrogen and oxygen atoms in total. The molecule has 0 N–H and O–H groups in total. The van der Waals surface area contributed by atoms with E-state index in [1.165, 1.54) is 6.08 Å². The van der Waals surface area contributed by atoms with Gasteiger partial charge in [0.2, 0.25) is 17.7 Å². The topological polar surface area (TPSA) is 59.2 Å². The zero-order valence-electron chi connectivity index (χ0n) is 9.35. The zero-order chi connectivity index (χ0) is 11.5. The fraction of sp³-hybridized carbons (Fsp3) is 0.545. The molecule has 0 aliphatic carbocycles. The Kier molecular flexibility index (Phi) is 3.03. The molecular formula is C11H15N3O2. The van der Waals surface area contributed by atoms with E-state index in [1.807, 2.05) is 0 Å². The molecule has 0 radical (unpaired) electrons. The van der Waals surface area contributed by atoms with Gasteiger partial charge in [-0.15, -0.1) is 10.2 Å². The maximum atomic E-state index is 11.5. The van der Waals surface area contributed by atoms with Gasteiger partial charge in [-0.05, 0) is 18.9 Å². The van der Waals surface area contributed by atoms with Crippen LogP contribution in [0.2, 0.25) is 0 Å². The average Bonchev–Trinajstić information content (AvgIpc) is 2.75. The molecule has 1 amide bonds. The summed E-state index contributed by atoms with van der Waals surface area (Å²) in [4.78, 5) is 13.3. The number of hydrogen-bond donors (Lipinski definition) is 0. The summed E-state index contributed by atoms with van der Waals surface area (Å²) in [5, 5.41) is 7.82. The molecule has 0 spiro atoms. The monoisotopic (exact) mass is 221 g/mol. The van der Waals surface area contributed by atoms with E-state index < -0.39 is 0 Å². The minimum Gasteiger partial charge on any atom is -0.425 e. The van der Waals surface area contributed by atoms with E-state index in [0.717, 1.165) is 19.4 Å². The Labute approximate surface area is 94.1 Å². The maximum absolute atomic E-state index is 11.5. The molecule has 16 heavy (non-hydrogen) atoms. The summed E-state index contributed by atoms with van der Waals surface area (Å²) in [6, 6.07) is 0. The van der Waals surface area contributed by atoms with Crippen LogP contribution in [0.25, 0.3) is 0 Å². The number of aromatic nitrogens is 2. The summed E-state index contributed by atoms with van der Waals surface area (Å²) in [6.45, 7) is 6.70. The van der Waals surface area contributed by atoms with Gasteiger partial charge in [0.25, 0.3) is 0 Å². The van der Waals surface area contributed by atoms with Crippen LogP contribution in [-0.2, 0) is 4.79 Å². The molecule has 0 aromatic carbocycles. The summed E-state index contributed by atoms with van der Waals surface area (Å²) in [5.41, 5.74) is 0. The van der Waals surface area contributed by atoms with Gasteiger partial charge in [0, 0.05) is 20.0 Å². The first kappa shape index (κ1) is 10.9. The van der Waals surface area contributed by atoms with Crippen LogP contribution in [0.3, 0.4) is 0 Å². The first-order valence-corrected chi connectivity index (χ1v) is 5.42. The van der Waals surface area contributed by atoms with E-state index in [9.17, 15) is 4.79 Å². The lowest BCUT2D eigenvalue weighted by molar-refractivity contribution is -0.127. The summed E-state index contributed by atoms with van der Waals surface area (Å²) in [7, 11) is 0. The second kappa shape index (κ2) is 4.47. The smallest absolute Gasteiger partial charge is 0.245 e. The van der Waals surface area contributed by atoms with Gasteiger partial charge < -0.3 is 9.32 Å². The van der Waals surface area contributed by atoms with Crippen molar-refractivity contribution in [1.29, 1.82) is 0 Å². The van der Waals surface area contributed by atoms with E-state index in [2.05, 4.69) is 16.8 Å². The third kappa shape index (κ3) is 2.13. The number of hydrogen-bond acceptors (Lipinski definition) is 4. The van der Waals surface area contributed by atoms with Gasteiger partial charge in [0.05, 0.1) is 5.92 Å². The van der Waals surface area contributed by atoms with Crippen molar-refractivity contribution in [3.8, 4) is 0 Å². The van der Waals surface area contributed by atoms with Gasteiger partial charge in [-0.1, -0.05) is 6.58 Å². The van der Waals surface area contributed by atoms with Crippen molar-refractivity contribution < 1.29 is 9.21 Å².